The van der Waals surface area contributed by atoms with Gasteiger partial charge in [0.1, 0.15) is 5.65 Å². The molecule has 3 rings (SSSR count). The predicted octanol–water partition coefficient (Wildman–Crippen LogP) is 4.44. The highest BCUT2D eigenvalue weighted by Gasteiger charge is 2.31. The van der Waals surface area contributed by atoms with E-state index in [0.717, 1.165) is 11.8 Å². The number of rotatable bonds is 1. The van der Waals surface area contributed by atoms with Crippen molar-refractivity contribution < 1.29 is 13.2 Å². The maximum atomic E-state index is 13.5. The Kier molecular flexibility index (Phi) is 2.92. The van der Waals surface area contributed by atoms with Crippen LogP contribution in [0.3, 0.4) is 0 Å². The number of imidazole rings is 1. The molecule has 2 heterocycles. The van der Waals surface area contributed by atoms with E-state index < -0.39 is 11.9 Å². The van der Waals surface area contributed by atoms with Crippen molar-refractivity contribution in [2.45, 2.75) is 25.2 Å². The average Bonchev–Trinajstić information content (AvgIpc) is 2.71. The van der Waals surface area contributed by atoms with Crippen molar-refractivity contribution in [3.8, 4) is 0 Å². The van der Waals surface area contributed by atoms with Gasteiger partial charge in [0.2, 0.25) is 5.95 Å². The standard InChI is InChI=1S/C13H10BrF3N2/c14-9-5-10(8-1-3-13(16,17)4-2-8)12-18-6-11(15)19(12)7-9/h1,5-7H,2-4H2. The molecule has 0 atom stereocenters. The molecule has 0 saturated heterocycles. The van der Waals surface area contributed by atoms with Crippen LogP contribution in [0, 0.1) is 5.95 Å². The molecule has 0 saturated carbocycles. The molecule has 100 valence electrons. The van der Waals surface area contributed by atoms with Gasteiger partial charge in [0.05, 0.1) is 6.20 Å². The number of allylic oxidation sites excluding steroid dienone is 2. The molecule has 0 radical (unpaired) electrons. The van der Waals surface area contributed by atoms with Crippen molar-refractivity contribution in [2.75, 3.05) is 0 Å². The summed E-state index contributed by atoms with van der Waals surface area (Å²) in [5.74, 6) is -3.11. The van der Waals surface area contributed by atoms with Gasteiger partial charge in [0.25, 0.3) is 5.92 Å². The fourth-order valence-electron chi connectivity index (χ4n) is 2.30. The Morgan fingerprint density at radius 2 is 2.16 bits per heavy atom. The summed E-state index contributed by atoms with van der Waals surface area (Å²) < 4.78 is 41.8. The summed E-state index contributed by atoms with van der Waals surface area (Å²) in [4.78, 5) is 4.01. The second kappa shape index (κ2) is 4.37. The van der Waals surface area contributed by atoms with E-state index >= 15 is 0 Å². The van der Waals surface area contributed by atoms with Gasteiger partial charge < -0.3 is 0 Å². The number of halogens is 4. The lowest BCUT2D eigenvalue weighted by Gasteiger charge is -2.21. The number of nitrogens with zero attached hydrogens (tertiary/aromatic N) is 2. The topological polar surface area (TPSA) is 17.3 Å². The second-order valence-corrected chi connectivity index (χ2v) is 5.55. The predicted molar refractivity (Wildman–Crippen MR) is 69.6 cm³/mol. The lowest BCUT2D eigenvalue weighted by Crippen LogP contribution is -2.18. The molecule has 19 heavy (non-hydrogen) atoms. The van der Waals surface area contributed by atoms with Gasteiger partial charge in [-0.05, 0) is 34.0 Å². The molecule has 0 amide bonds. The molecule has 6 heteroatoms. The third-order valence-electron chi connectivity index (χ3n) is 3.28. The van der Waals surface area contributed by atoms with Gasteiger partial charge in [-0.2, -0.15) is 4.39 Å². The van der Waals surface area contributed by atoms with E-state index in [4.69, 9.17) is 0 Å². The SMILES string of the molecule is Fc1cnc2c(C3=CCC(F)(F)CC3)cc(Br)cn12. The molecule has 0 aromatic carbocycles. The van der Waals surface area contributed by atoms with Crippen LogP contribution in [0.2, 0.25) is 0 Å². The fraction of sp³-hybridized carbons (Fsp3) is 0.308. The zero-order valence-corrected chi connectivity index (χ0v) is 11.4. The largest absolute Gasteiger partial charge is 0.275 e. The number of alkyl halides is 2. The van der Waals surface area contributed by atoms with E-state index in [1.807, 2.05) is 0 Å². The number of hydrogen-bond donors (Lipinski definition) is 0. The first-order chi connectivity index (χ1) is 8.96. The molecule has 0 fully saturated rings. The maximum Gasteiger partial charge on any atom is 0.251 e. The molecule has 0 aliphatic heterocycles. The number of fused-ring (bicyclic) bond motifs is 1. The summed E-state index contributed by atoms with van der Waals surface area (Å²) in [5, 5.41) is 0. The van der Waals surface area contributed by atoms with Crippen LogP contribution in [0.1, 0.15) is 24.8 Å². The summed E-state index contributed by atoms with van der Waals surface area (Å²) in [6.07, 6.45) is 4.04. The van der Waals surface area contributed by atoms with Crippen LogP contribution < -0.4 is 0 Å². The summed E-state index contributed by atoms with van der Waals surface area (Å²) in [7, 11) is 0. The van der Waals surface area contributed by atoms with Gasteiger partial charge in [-0.3, -0.25) is 4.40 Å². The zero-order valence-electron chi connectivity index (χ0n) is 9.84. The van der Waals surface area contributed by atoms with Crippen LogP contribution in [0.25, 0.3) is 11.2 Å². The first-order valence-electron chi connectivity index (χ1n) is 5.86. The minimum absolute atomic E-state index is 0.180. The summed E-state index contributed by atoms with van der Waals surface area (Å²) in [6.45, 7) is 0. The number of hydrogen-bond acceptors (Lipinski definition) is 1. The first kappa shape index (κ1) is 12.7. The molecule has 0 bridgehead atoms. The van der Waals surface area contributed by atoms with Crippen molar-refractivity contribution in [2.24, 2.45) is 0 Å². The van der Waals surface area contributed by atoms with Crippen molar-refractivity contribution >= 4 is 27.2 Å². The zero-order chi connectivity index (χ0) is 13.6. The van der Waals surface area contributed by atoms with Crippen LogP contribution in [0.5, 0.6) is 0 Å². The molecule has 0 spiro atoms. The lowest BCUT2D eigenvalue weighted by molar-refractivity contribution is -0.00602. The molecule has 1 aliphatic rings. The normalized spacial score (nSPS) is 18.6. The minimum atomic E-state index is -2.63. The molecular formula is C13H10BrF3N2. The molecule has 1 aliphatic carbocycles. The van der Waals surface area contributed by atoms with Gasteiger partial charge in [-0.15, -0.1) is 0 Å². The van der Waals surface area contributed by atoms with Gasteiger partial charge in [-0.25, -0.2) is 13.8 Å². The maximum absolute atomic E-state index is 13.5. The van der Waals surface area contributed by atoms with Crippen LogP contribution in [0.4, 0.5) is 13.2 Å². The summed E-state index contributed by atoms with van der Waals surface area (Å²) in [6, 6.07) is 1.79. The van der Waals surface area contributed by atoms with E-state index in [0.29, 0.717) is 15.7 Å². The van der Waals surface area contributed by atoms with Gasteiger partial charge in [0, 0.05) is 29.1 Å². The highest BCUT2D eigenvalue weighted by atomic mass is 79.9. The molecule has 0 unspecified atom stereocenters. The van der Waals surface area contributed by atoms with Crippen LogP contribution in [0.15, 0.2) is 29.0 Å². The van der Waals surface area contributed by atoms with Crippen LogP contribution in [-0.2, 0) is 0 Å². The quantitative estimate of drug-likeness (QED) is 0.755. The first-order valence-corrected chi connectivity index (χ1v) is 6.65. The Morgan fingerprint density at radius 3 is 2.84 bits per heavy atom. The summed E-state index contributed by atoms with van der Waals surface area (Å²) in [5.41, 5.74) is 1.95. The van der Waals surface area contributed by atoms with Crippen molar-refractivity contribution in [3.05, 3.63) is 40.5 Å². The van der Waals surface area contributed by atoms with Gasteiger partial charge in [0.15, 0.2) is 0 Å². The third kappa shape index (κ3) is 2.29. The lowest BCUT2D eigenvalue weighted by atomic mass is 9.92. The van der Waals surface area contributed by atoms with Gasteiger partial charge in [-0.1, -0.05) is 6.08 Å². The van der Waals surface area contributed by atoms with E-state index in [1.165, 1.54) is 10.5 Å². The minimum Gasteiger partial charge on any atom is -0.275 e. The van der Waals surface area contributed by atoms with E-state index in [1.54, 1.807) is 12.3 Å². The average molecular weight is 331 g/mol. The van der Waals surface area contributed by atoms with Gasteiger partial charge >= 0.3 is 0 Å². The monoisotopic (exact) mass is 330 g/mol. The van der Waals surface area contributed by atoms with E-state index in [2.05, 4.69) is 20.9 Å². The van der Waals surface area contributed by atoms with E-state index in [9.17, 15) is 13.2 Å². The Morgan fingerprint density at radius 1 is 1.37 bits per heavy atom. The van der Waals surface area contributed by atoms with Crippen LogP contribution in [-0.4, -0.2) is 15.3 Å². The van der Waals surface area contributed by atoms with E-state index in [-0.39, 0.29) is 19.3 Å². The second-order valence-electron chi connectivity index (χ2n) is 4.64. The Hall–Kier alpha value is -1.30. The molecule has 0 N–H and O–H groups in total. The van der Waals surface area contributed by atoms with Crippen LogP contribution >= 0.6 is 15.9 Å². The molecule has 2 nitrogen and oxygen atoms in total. The smallest absolute Gasteiger partial charge is 0.251 e. The Labute approximate surface area is 116 Å². The molecule has 2 aromatic rings. The third-order valence-corrected chi connectivity index (χ3v) is 3.71. The highest BCUT2D eigenvalue weighted by Crippen LogP contribution is 2.37. The van der Waals surface area contributed by atoms with Crippen molar-refractivity contribution in [3.63, 3.8) is 0 Å². The van der Waals surface area contributed by atoms with Crippen molar-refractivity contribution in [1.29, 1.82) is 0 Å². The number of aromatic nitrogens is 2. The Bertz CT molecular complexity index is 676. The fourth-order valence-corrected chi connectivity index (χ4v) is 2.73. The molecular weight excluding hydrogens is 321 g/mol. The Balaban J connectivity index is 2.13. The molecule has 2 aromatic heterocycles. The van der Waals surface area contributed by atoms with Crippen molar-refractivity contribution in [1.82, 2.24) is 9.38 Å². The summed E-state index contributed by atoms with van der Waals surface area (Å²) >= 11 is 3.30. The number of pyridine rings is 1. The highest BCUT2D eigenvalue weighted by molar-refractivity contribution is 9.10.